The van der Waals surface area contributed by atoms with E-state index in [1.54, 1.807) is 19.2 Å². The maximum Gasteiger partial charge on any atom is 0.258 e. The molecule has 0 radical (unpaired) electrons. The summed E-state index contributed by atoms with van der Waals surface area (Å²) in [5, 5.41) is 2.88. The van der Waals surface area contributed by atoms with Crippen LogP contribution in [0.15, 0.2) is 24.3 Å². The fourth-order valence-corrected chi connectivity index (χ4v) is 1.34. The van der Waals surface area contributed by atoms with Gasteiger partial charge in [-0.1, -0.05) is 26.0 Å². The van der Waals surface area contributed by atoms with Gasteiger partial charge in [-0.15, -0.1) is 0 Å². The molecule has 4 heteroatoms. The van der Waals surface area contributed by atoms with E-state index < -0.39 is 0 Å². The van der Waals surface area contributed by atoms with Crippen LogP contribution in [-0.2, 0) is 4.79 Å². The van der Waals surface area contributed by atoms with Crippen LogP contribution in [0, 0.1) is 5.92 Å². The van der Waals surface area contributed by atoms with Gasteiger partial charge in [-0.25, -0.2) is 0 Å². The van der Waals surface area contributed by atoms with Gasteiger partial charge in [0, 0.05) is 6.04 Å². The van der Waals surface area contributed by atoms with Crippen LogP contribution in [0.2, 0.25) is 0 Å². The molecule has 1 atom stereocenters. The Labute approximate surface area is 108 Å². The third-order valence-corrected chi connectivity index (χ3v) is 2.82. The second-order valence-electron chi connectivity index (χ2n) is 4.54. The summed E-state index contributed by atoms with van der Waals surface area (Å²) in [6, 6.07) is 7.40. The zero-order chi connectivity index (χ0) is 13.5. The van der Waals surface area contributed by atoms with E-state index in [4.69, 9.17) is 9.47 Å². The minimum absolute atomic E-state index is 0.00255. The summed E-state index contributed by atoms with van der Waals surface area (Å²) in [7, 11) is 1.57. The van der Waals surface area contributed by atoms with E-state index in [2.05, 4.69) is 19.2 Å². The number of carbonyl (C=O) groups is 1. The summed E-state index contributed by atoms with van der Waals surface area (Å²) >= 11 is 0. The minimum atomic E-state index is -0.123. The van der Waals surface area contributed by atoms with Crippen molar-refractivity contribution in [1.29, 1.82) is 0 Å². The van der Waals surface area contributed by atoms with Gasteiger partial charge in [0.2, 0.25) is 0 Å². The highest BCUT2D eigenvalue weighted by atomic mass is 16.5. The van der Waals surface area contributed by atoms with E-state index in [0.717, 1.165) is 0 Å². The molecule has 0 aromatic heterocycles. The fraction of sp³-hybridized carbons (Fsp3) is 0.500. The van der Waals surface area contributed by atoms with E-state index in [9.17, 15) is 4.79 Å². The lowest BCUT2D eigenvalue weighted by molar-refractivity contribution is -0.124. The molecular weight excluding hydrogens is 230 g/mol. The Morgan fingerprint density at radius 2 is 1.83 bits per heavy atom. The van der Waals surface area contributed by atoms with Crippen LogP contribution >= 0.6 is 0 Å². The zero-order valence-corrected chi connectivity index (χ0v) is 11.4. The number of carbonyl (C=O) groups excluding carboxylic acids is 1. The molecule has 18 heavy (non-hydrogen) atoms. The molecule has 0 fully saturated rings. The van der Waals surface area contributed by atoms with Gasteiger partial charge < -0.3 is 14.8 Å². The molecule has 1 unspecified atom stereocenters. The SMILES string of the molecule is COc1ccccc1OCC(=O)NC(C)C(C)C. The van der Waals surface area contributed by atoms with Gasteiger partial charge in [0.15, 0.2) is 18.1 Å². The van der Waals surface area contributed by atoms with Gasteiger partial charge in [0.25, 0.3) is 5.91 Å². The average Bonchev–Trinajstić information content (AvgIpc) is 2.36. The number of methoxy groups -OCH3 is 1. The first-order chi connectivity index (χ1) is 8.54. The number of ether oxygens (including phenoxy) is 2. The van der Waals surface area contributed by atoms with Crippen LogP contribution in [0.4, 0.5) is 0 Å². The summed E-state index contributed by atoms with van der Waals surface area (Å²) in [5.74, 6) is 1.48. The predicted molar refractivity (Wildman–Crippen MR) is 70.9 cm³/mol. The molecule has 0 aliphatic heterocycles. The highest BCUT2D eigenvalue weighted by molar-refractivity contribution is 5.77. The van der Waals surface area contributed by atoms with Crippen LogP contribution in [0.3, 0.4) is 0 Å². The molecule has 0 bridgehead atoms. The molecule has 0 aliphatic carbocycles. The Bertz CT molecular complexity index is 390. The van der Waals surface area contributed by atoms with Crippen molar-refractivity contribution in [1.82, 2.24) is 5.32 Å². The molecule has 100 valence electrons. The summed E-state index contributed by atoms with van der Waals surface area (Å²) < 4.78 is 10.6. The second kappa shape index (κ2) is 6.89. The van der Waals surface area contributed by atoms with Crippen LogP contribution in [0.5, 0.6) is 11.5 Å². The monoisotopic (exact) mass is 251 g/mol. The van der Waals surface area contributed by atoms with Crippen LogP contribution in [0.1, 0.15) is 20.8 Å². The summed E-state index contributed by atoms with van der Waals surface area (Å²) in [6.07, 6.45) is 0. The summed E-state index contributed by atoms with van der Waals surface area (Å²) in [4.78, 5) is 11.7. The van der Waals surface area contributed by atoms with Crippen molar-refractivity contribution in [2.75, 3.05) is 13.7 Å². The highest BCUT2D eigenvalue weighted by Crippen LogP contribution is 2.25. The van der Waals surface area contributed by atoms with Crippen molar-refractivity contribution in [2.45, 2.75) is 26.8 Å². The summed E-state index contributed by atoms with van der Waals surface area (Å²) in [6.45, 7) is 6.10. The maximum absolute atomic E-state index is 11.7. The van der Waals surface area contributed by atoms with Gasteiger partial charge >= 0.3 is 0 Å². The number of rotatable bonds is 6. The Hall–Kier alpha value is -1.71. The Balaban J connectivity index is 2.47. The van der Waals surface area contributed by atoms with E-state index in [1.165, 1.54) is 0 Å². The lowest BCUT2D eigenvalue weighted by Crippen LogP contribution is -2.38. The van der Waals surface area contributed by atoms with Crippen molar-refractivity contribution >= 4 is 5.91 Å². The molecule has 1 amide bonds. The van der Waals surface area contributed by atoms with E-state index >= 15 is 0 Å². The number of para-hydroxylation sites is 2. The fourth-order valence-electron chi connectivity index (χ4n) is 1.34. The molecule has 0 saturated carbocycles. The summed E-state index contributed by atoms with van der Waals surface area (Å²) in [5.41, 5.74) is 0. The Kier molecular flexibility index (Phi) is 5.49. The molecule has 0 heterocycles. The molecule has 1 aromatic rings. The second-order valence-corrected chi connectivity index (χ2v) is 4.54. The van der Waals surface area contributed by atoms with Gasteiger partial charge in [-0.3, -0.25) is 4.79 Å². The minimum Gasteiger partial charge on any atom is -0.493 e. The van der Waals surface area contributed by atoms with E-state index in [-0.39, 0.29) is 18.6 Å². The maximum atomic E-state index is 11.7. The number of hydrogen-bond donors (Lipinski definition) is 1. The standard InChI is InChI=1S/C14H21NO3/c1-10(2)11(3)15-14(16)9-18-13-8-6-5-7-12(13)17-4/h5-8,10-11H,9H2,1-4H3,(H,15,16). The van der Waals surface area contributed by atoms with Crippen LogP contribution in [-0.4, -0.2) is 25.7 Å². The number of benzene rings is 1. The van der Waals surface area contributed by atoms with Gasteiger partial charge in [0.05, 0.1) is 7.11 Å². The molecule has 1 N–H and O–H groups in total. The van der Waals surface area contributed by atoms with Crippen LogP contribution in [0.25, 0.3) is 0 Å². The third-order valence-electron chi connectivity index (χ3n) is 2.82. The van der Waals surface area contributed by atoms with Gasteiger partial charge in [-0.2, -0.15) is 0 Å². The lowest BCUT2D eigenvalue weighted by atomic mass is 10.1. The normalized spacial score (nSPS) is 12.1. The molecule has 4 nitrogen and oxygen atoms in total. The first-order valence-corrected chi connectivity index (χ1v) is 6.09. The number of hydrogen-bond acceptors (Lipinski definition) is 3. The van der Waals surface area contributed by atoms with Crippen molar-refractivity contribution in [3.05, 3.63) is 24.3 Å². The van der Waals surface area contributed by atoms with E-state index in [1.807, 2.05) is 19.1 Å². The molecule has 0 saturated heterocycles. The molecule has 1 rings (SSSR count). The predicted octanol–water partition coefficient (Wildman–Crippen LogP) is 2.23. The van der Waals surface area contributed by atoms with Crippen molar-refractivity contribution in [3.8, 4) is 11.5 Å². The lowest BCUT2D eigenvalue weighted by Gasteiger charge is -2.17. The zero-order valence-electron chi connectivity index (χ0n) is 11.4. The van der Waals surface area contributed by atoms with Gasteiger partial charge in [-0.05, 0) is 25.0 Å². The molecule has 0 aliphatic rings. The van der Waals surface area contributed by atoms with Crippen molar-refractivity contribution in [3.63, 3.8) is 0 Å². The van der Waals surface area contributed by atoms with Gasteiger partial charge in [0.1, 0.15) is 0 Å². The third kappa shape index (κ3) is 4.28. The molecule has 0 spiro atoms. The number of nitrogens with one attached hydrogen (secondary N) is 1. The van der Waals surface area contributed by atoms with Crippen molar-refractivity contribution in [2.24, 2.45) is 5.92 Å². The van der Waals surface area contributed by atoms with Crippen molar-refractivity contribution < 1.29 is 14.3 Å². The Morgan fingerprint density at radius 3 is 2.39 bits per heavy atom. The van der Waals surface area contributed by atoms with E-state index in [0.29, 0.717) is 17.4 Å². The largest absolute Gasteiger partial charge is 0.493 e. The first kappa shape index (κ1) is 14.4. The van der Waals surface area contributed by atoms with Crippen LogP contribution < -0.4 is 14.8 Å². The smallest absolute Gasteiger partial charge is 0.258 e. The first-order valence-electron chi connectivity index (χ1n) is 6.09. The highest BCUT2D eigenvalue weighted by Gasteiger charge is 2.12. The Morgan fingerprint density at radius 1 is 1.22 bits per heavy atom. The topological polar surface area (TPSA) is 47.6 Å². The quantitative estimate of drug-likeness (QED) is 0.843. The molecule has 1 aromatic carbocycles. The number of amides is 1. The average molecular weight is 251 g/mol. The molecular formula is C14H21NO3.